The van der Waals surface area contributed by atoms with E-state index in [4.69, 9.17) is 9.52 Å². The second-order valence-corrected chi connectivity index (χ2v) is 2.78. The molecule has 3 nitrogen and oxygen atoms in total. The van der Waals surface area contributed by atoms with Gasteiger partial charge >= 0.3 is 0 Å². The number of halogens is 1. The molecule has 2 aromatic rings. The first-order valence-corrected chi connectivity index (χ1v) is 4.11. The summed E-state index contributed by atoms with van der Waals surface area (Å²) in [5, 5.41) is 8.75. The molecule has 4 heteroatoms. The van der Waals surface area contributed by atoms with Crippen molar-refractivity contribution in [3.63, 3.8) is 0 Å². The highest BCUT2D eigenvalue weighted by atomic mass is 19.1. The molecule has 0 aliphatic carbocycles. The Morgan fingerprint density at radius 1 is 1.36 bits per heavy atom. The highest BCUT2D eigenvalue weighted by Gasteiger charge is 2.09. The molecule has 0 saturated carbocycles. The molecule has 0 saturated heterocycles. The van der Waals surface area contributed by atoms with E-state index in [0.29, 0.717) is 11.3 Å². The molecule has 0 atom stereocenters. The molecule has 0 aliphatic rings. The lowest BCUT2D eigenvalue weighted by Gasteiger charge is -1.95. The number of hydrogen-bond acceptors (Lipinski definition) is 3. The fraction of sp³-hybridized carbons (Fsp3) is 0.100. The highest BCUT2D eigenvalue weighted by molar-refractivity contribution is 5.53. The number of nitrogens with zero attached hydrogens (tertiary/aromatic N) is 1. The Hall–Kier alpha value is -1.68. The molecule has 14 heavy (non-hydrogen) atoms. The molecule has 72 valence electrons. The van der Waals surface area contributed by atoms with Crippen molar-refractivity contribution in [1.29, 1.82) is 0 Å². The number of benzene rings is 1. The first-order valence-electron chi connectivity index (χ1n) is 4.11. The van der Waals surface area contributed by atoms with E-state index >= 15 is 0 Å². The summed E-state index contributed by atoms with van der Waals surface area (Å²) in [5.74, 6) is -0.203. The zero-order valence-electron chi connectivity index (χ0n) is 7.27. The van der Waals surface area contributed by atoms with Gasteiger partial charge in [0.25, 0.3) is 0 Å². The molecule has 1 aromatic carbocycles. The molecule has 0 radical (unpaired) electrons. The first-order chi connectivity index (χ1) is 6.81. The van der Waals surface area contributed by atoms with Gasteiger partial charge in [0, 0.05) is 0 Å². The molecule has 0 bridgehead atoms. The van der Waals surface area contributed by atoms with Gasteiger partial charge in [0.1, 0.15) is 17.8 Å². The molecule has 1 heterocycles. The number of rotatable bonds is 2. The van der Waals surface area contributed by atoms with E-state index in [-0.39, 0.29) is 18.3 Å². The zero-order valence-corrected chi connectivity index (χ0v) is 7.27. The van der Waals surface area contributed by atoms with Crippen LogP contribution in [0.1, 0.15) is 5.69 Å². The van der Waals surface area contributed by atoms with Crippen molar-refractivity contribution in [1.82, 2.24) is 4.98 Å². The van der Waals surface area contributed by atoms with Crippen LogP contribution in [-0.4, -0.2) is 10.1 Å². The minimum Gasteiger partial charge on any atom is -0.444 e. The Labute approximate surface area is 79.8 Å². The number of aliphatic hydroxyl groups is 1. The fourth-order valence-electron chi connectivity index (χ4n) is 1.14. The Balaban J connectivity index is 2.44. The molecule has 0 spiro atoms. The van der Waals surface area contributed by atoms with Crippen LogP contribution in [0.5, 0.6) is 0 Å². The zero-order chi connectivity index (χ0) is 9.97. The largest absolute Gasteiger partial charge is 0.444 e. The molecule has 0 aliphatic heterocycles. The van der Waals surface area contributed by atoms with Crippen molar-refractivity contribution < 1.29 is 13.9 Å². The van der Waals surface area contributed by atoms with Gasteiger partial charge in [-0.1, -0.05) is 12.1 Å². The maximum atomic E-state index is 13.2. The third-order valence-electron chi connectivity index (χ3n) is 1.82. The monoisotopic (exact) mass is 193 g/mol. The smallest absolute Gasteiger partial charge is 0.229 e. The topological polar surface area (TPSA) is 46.3 Å². The first kappa shape index (κ1) is 8.90. The van der Waals surface area contributed by atoms with E-state index < -0.39 is 0 Å². The molecule has 0 fully saturated rings. The molecule has 1 aromatic heterocycles. The van der Waals surface area contributed by atoms with E-state index in [1.807, 2.05) is 0 Å². The van der Waals surface area contributed by atoms with Gasteiger partial charge < -0.3 is 9.52 Å². The molecule has 2 rings (SSSR count). The second kappa shape index (κ2) is 3.59. The summed E-state index contributed by atoms with van der Waals surface area (Å²) in [6, 6.07) is 6.19. The number of aliphatic hydroxyl groups excluding tert-OH is 1. The Morgan fingerprint density at radius 2 is 2.14 bits per heavy atom. The van der Waals surface area contributed by atoms with E-state index in [9.17, 15) is 4.39 Å². The van der Waals surface area contributed by atoms with Crippen LogP contribution in [-0.2, 0) is 6.61 Å². The summed E-state index contributed by atoms with van der Waals surface area (Å²) in [6.45, 7) is -0.210. The molecule has 1 N–H and O–H groups in total. The van der Waals surface area contributed by atoms with Gasteiger partial charge in [0.15, 0.2) is 0 Å². The van der Waals surface area contributed by atoms with Crippen molar-refractivity contribution in [3.8, 4) is 11.5 Å². The minimum atomic E-state index is -0.390. The number of oxazole rings is 1. The lowest BCUT2D eigenvalue weighted by atomic mass is 10.2. The molecule has 0 amide bonds. The van der Waals surface area contributed by atoms with Gasteiger partial charge in [-0.3, -0.25) is 0 Å². The standard InChI is InChI=1S/C10H8FNO2/c11-9-4-2-1-3-8(9)10-12-7(5-13)6-14-10/h1-4,6,13H,5H2. The van der Waals surface area contributed by atoms with E-state index in [1.54, 1.807) is 18.2 Å². The summed E-state index contributed by atoms with van der Waals surface area (Å²) >= 11 is 0. The van der Waals surface area contributed by atoms with Crippen LogP contribution in [0.25, 0.3) is 11.5 Å². The number of aromatic nitrogens is 1. The summed E-state index contributed by atoms with van der Waals surface area (Å²) in [7, 11) is 0. The van der Waals surface area contributed by atoms with Crippen LogP contribution in [0, 0.1) is 5.82 Å². The van der Waals surface area contributed by atoms with Crippen LogP contribution in [0.4, 0.5) is 4.39 Å². The average Bonchev–Trinajstić information content (AvgIpc) is 2.67. The molecular weight excluding hydrogens is 185 g/mol. The molecule has 0 unspecified atom stereocenters. The third kappa shape index (κ3) is 1.52. The van der Waals surface area contributed by atoms with Crippen LogP contribution in [0.3, 0.4) is 0 Å². The van der Waals surface area contributed by atoms with Crippen molar-refractivity contribution >= 4 is 0 Å². The highest BCUT2D eigenvalue weighted by Crippen LogP contribution is 2.21. The number of hydrogen-bond donors (Lipinski definition) is 1. The Kier molecular flexibility index (Phi) is 2.28. The Bertz CT molecular complexity index is 439. The SMILES string of the molecule is OCc1coc(-c2ccccc2F)n1. The van der Waals surface area contributed by atoms with Crippen LogP contribution in [0.15, 0.2) is 34.9 Å². The van der Waals surface area contributed by atoms with Gasteiger partial charge in [-0.2, -0.15) is 0 Å². The summed E-state index contributed by atoms with van der Waals surface area (Å²) in [4.78, 5) is 3.90. The quantitative estimate of drug-likeness (QED) is 0.793. The predicted molar refractivity (Wildman–Crippen MR) is 47.8 cm³/mol. The van der Waals surface area contributed by atoms with Crippen molar-refractivity contribution in [2.24, 2.45) is 0 Å². The van der Waals surface area contributed by atoms with Gasteiger partial charge in [-0.05, 0) is 12.1 Å². The summed E-state index contributed by atoms with van der Waals surface area (Å²) < 4.78 is 18.2. The van der Waals surface area contributed by atoms with Crippen molar-refractivity contribution in [2.45, 2.75) is 6.61 Å². The third-order valence-corrected chi connectivity index (χ3v) is 1.82. The van der Waals surface area contributed by atoms with Gasteiger partial charge in [-0.25, -0.2) is 9.37 Å². The van der Waals surface area contributed by atoms with Crippen molar-refractivity contribution in [3.05, 3.63) is 42.0 Å². The average molecular weight is 193 g/mol. The summed E-state index contributed by atoms with van der Waals surface area (Å²) in [5.41, 5.74) is 0.690. The van der Waals surface area contributed by atoms with Gasteiger partial charge in [0.05, 0.1) is 12.2 Å². The van der Waals surface area contributed by atoms with Crippen molar-refractivity contribution in [2.75, 3.05) is 0 Å². The van der Waals surface area contributed by atoms with Crippen LogP contribution >= 0.6 is 0 Å². The maximum Gasteiger partial charge on any atom is 0.229 e. The van der Waals surface area contributed by atoms with E-state index in [1.165, 1.54) is 12.3 Å². The van der Waals surface area contributed by atoms with Crippen LogP contribution in [0.2, 0.25) is 0 Å². The lowest BCUT2D eigenvalue weighted by molar-refractivity contribution is 0.276. The van der Waals surface area contributed by atoms with Gasteiger partial charge in [0.2, 0.25) is 5.89 Å². The molecular formula is C10H8FNO2. The van der Waals surface area contributed by atoms with Gasteiger partial charge in [-0.15, -0.1) is 0 Å². The normalized spacial score (nSPS) is 10.4. The maximum absolute atomic E-state index is 13.2. The predicted octanol–water partition coefficient (Wildman–Crippen LogP) is 1.97. The second-order valence-electron chi connectivity index (χ2n) is 2.78. The van der Waals surface area contributed by atoms with E-state index in [0.717, 1.165) is 0 Å². The van der Waals surface area contributed by atoms with Crippen LogP contribution < -0.4 is 0 Å². The fourth-order valence-corrected chi connectivity index (χ4v) is 1.14. The minimum absolute atomic E-state index is 0.187. The Morgan fingerprint density at radius 3 is 2.79 bits per heavy atom. The summed E-state index contributed by atoms with van der Waals surface area (Å²) in [6.07, 6.45) is 1.31. The lowest BCUT2D eigenvalue weighted by Crippen LogP contribution is -1.85. The van der Waals surface area contributed by atoms with E-state index in [2.05, 4.69) is 4.98 Å².